The fourth-order valence-corrected chi connectivity index (χ4v) is 3.96. The molecule has 3 aromatic rings. The number of methoxy groups -OCH3 is 1. The Labute approximate surface area is 188 Å². The number of likely N-dealkylation sites (tertiary alicyclic amines) is 1. The van der Waals surface area contributed by atoms with Crippen LogP contribution in [0.1, 0.15) is 12.8 Å². The first kappa shape index (κ1) is 22.0. The Morgan fingerprint density at radius 3 is 2.94 bits per heavy atom. The van der Waals surface area contributed by atoms with Gasteiger partial charge in [-0.25, -0.2) is 14.4 Å². The summed E-state index contributed by atoms with van der Waals surface area (Å²) >= 11 is 5.90. The molecule has 2 heterocycles. The number of rotatable bonds is 7. The first-order valence-electron chi connectivity index (χ1n) is 10.1. The molecule has 1 aromatic heterocycles. The van der Waals surface area contributed by atoms with Crippen molar-refractivity contribution in [3.8, 4) is 11.5 Å². The fraction of sp³-hybridized carbons (Fsp3) is 0.318. The molecule has 1 aliphatic heterocycles. The van der Waals surface area contributed by atoms with Crippen LogP contribution in [0.15, 0.2) is 36.7 Å². The molecule has 32 heavy (non-hydrogen) atoms. The van der Waals surface area contributed by atoms with Gasteiger partial charge in [-0.2, -0.15) is 0 Å². The van der Waals surface area contributed by atoms with Crippen molar-refractivity contribution in [2.75, 3.05) is 32.2 Å². The van der Waals surface area contributed by atoms with Crippen molar-refractivity contribution >= 4 is 39.9 Å². The minimum Gasteiger partial charge on any atom is -0.497 e. The number of carbonyl (C=O) groups is 1. The van der Waals surface area contributed by atoms with Crippen LogP contribution in [0.25, 0.3) is 10.9 Å². The molecular weight excluding hydrogens is 439 g/mol. The number of fused-ring (bicyclic) bond motifs is 1. The molecule has 0 spiro atoms. The lowest BCUT2D eigenvalue weighted by molar-refractivity contribution is -0.135. The molecule has 1 fully saturated rings. The third-order valence-electron chi connectivity index (χ3n) is 5.36. The molecule has 168 valence electrons. The maximum absolute atomic E-state index is 13.5. The number of benzene rings is 2. The molecule has 1 saturated heterocycles. The highest BCUT2D eigenvalue weighted by Gasteiger charge is 2.29. The van der Waals surface area contributed by atoms with E-state index in [9.17, 15) is 14.3 Å². The van der Waals surface area contributed by atoms with Gasteiger partial charge < -0.3 is 24.8 Å². The van der Waals surface area contributed by atoms with E-state index in [1.54, 1.807) is 30.2 Å². The third kappa shape index (κ3) is 4.53. The number of ether oxygens (including phenoxy) is 2. The second-order valence-corrected chi connectivity index (χ2v) is 7.76. The summed E-state index contributed by atoms with van der Waals surface area (Å²) in [5, 5.41) is 12.9. The zero-order chi connectivity index (χ0) is 22.7. The standard InChI is InChI=1S/C22H22ClFN4O4/c1-31-15-8-18-21(19(9-15)32-11-14-3-2-6-28(14)20(30)10-29)22(26-12-25-18)27-13-4-5-17(24)16(23)7-13/h4-5,7-9,12,14,29H,2-3,6,10-11H2,1H3,(H,25,26,27). The van der Waals surface area contributed by atoms with E-state index in [1.807, 2.05) is 0 Å². The number of aliphatic hydroxyl groups excluding tert-OH is 1. The minimum atomic E-state index is -0.527. The summed E-state index contributed by atoms with van der Waals surface area (Å²) in [6.07, 6.45) is 3.03. The number of aromatic nitrogens is 2. The van der Waals surface area contributed by atoms with Crippen molar-refractivity contribution in [1.82, 2.24) is 14.9 Å². The smallest absolute Gasteiger partial charge is 0.248 e. The molecule has 1 atom stereocenters. The Hall–Kier alpha value is -3.17. The van der Waals surface area contributed by atoms with E-state index in [-0.39, 0.29) is 23.6 Å². The number of carbonyl (C=O) groups excluding carboxylic acids is 1. The van der Waals surface area contributed by atoms with E-state index in [4.69, 9.17) is 21.1 Å². The summed E-state index contributed by atoms with van der Waals surface area (Å²) in [6.45, 7) is 0.305. The fourth-order valence-electron chi connectivity index (χ4n) is 3.78. The zero-order valence-electron chi connectivity index (χ0n) is 17.3. The summed E-state index contributed by atoms with van der Waals surface area (Å²) in [5.41, 5.74) is 1.13. The van der Waals surface area contributed by atoms with Crippen molar-refractivity contribution in [2.45, 2.75) is 18.9 Å². The molecule has 0 bridgehead atoms. The Balaban J connectivity index is 1.67. The molecule has 1 amide bonds. The van der Waals surface area contributed by atoms with Crippen molar-refractivity contribution in [2.24, 2.45) is 0 Å². The predicted molar refractivity (Wildman–Crippen MR) is 118 cm³/mol. The lowest BCUT2D eigenvalue weighted by Crippen LogP contribution is -2.40. The largest absolute Gasteiger partial charge is 0.497 e. The second-order valence-electron chi connectivity index (χ2n) is 7.35. The van der Waals surface area contributed by atoms with Gasteiger partial charge >= 0.3 is 0 Å². The van der Waals surface area contributed by atoms with Gasteiger partial charge in [0.2, 0.25) is 5.91 Å². The number of hydrogen-bond acceptors (Lipinski definition) is 7. The van der Waals surface area contributed by atoms with Gasteiger partial charge in [0, 0.05) is 24.4 Å². The Morgan fingerprint density at radius 1 is 1.34 bits per heavy atom. The molecule has 2 N–H and O–H groups in total. The van der Waals surface area contributed by atoms with Crippen LogP contribution in [-0.2, 0) is 4.79 Å². The second kappa shape index (κ2) is 9.54. The first-order valence-corrected chi connectivity index (χ1v) is 10.5. The molecule has 4 rings (SSSR count). The predicted octanol–water partition coefficient (Wildman–Crippen LogP) is 3.54. The number of anilines is 2. The highest BCUT2D eigenvalue weighted by molar-refractivity contribution is 6.31. The van der Waals surface area contributed by atoms with Crippen molar-refractivity contribution < 1.29 is 23.8 Å². The number of amides is 1. The van der Waals surface area contributed by atoms with E-state index < -0.39 is 12.4 Å². The van der Waals surface area contributed by atoms with E-state index in [0.717, 1.165) is 12.8 Å². The van der Waals surface area contributed by atoms with Crippen molar-refractivity contribution in [3.05, 3.63) is 47.5 Å². The molecule has 0 saturated carbocycles. The summed E-state index contributed by atoms with van der Waals surface area (Å²) in [4.78, 5) is 22.3. The molecule has 10 heteroatoms. The van der Waals surface area contributed by atoms with Gasteiger partial charge in [0.1, 0.15) is 42.7 Å². The molecular formula is C22H22ClFN4O4. The SMILES string of the molecule is COc1cc(OCC2CCCN2C(=O)CO)c2c(Nc3ccc(F)c(Cl)c3)ncnc2c1. The Morgan fingerprint density at radius 2 is 2.19 bits per heavy atom. The van der Waals surface area contributed by atoms with Gasteiger partial charge in [-0.05, 0) is 31.0 Å². The number of nitrogens with one attached hydrogen (secondary N) is 1. The number of nitrogens with zero attached hydrogens (tertiary/aromatic N) is 3. The van der Waals surface area contributed by atoms with Crippen LogP contribution < -0.4 is 14.8 Å². The average Bonchev–Trinajstić information content (AvgIpc) is 3.28. The van der Waals surface area contributed by atoms with Crippen LogP contribution in [-0.4, -0.2) is 58.8 Å². The van der Waals surface area contributed by atoms with Crippen LogP contribution in [0.2, 0.25) is 5.02 Å². The molecule has 0 aliphatic carbocycles. The summed E-state index contributed by atoms with van der Waals surface area (Å²) in [6, 6.07) is 7.61. The topological polar surface area (TPSA) is 96.8 Å². The zero-order valence-corrected chi connectivity index (χ0v) is 18.1. The van der Waals surface area contributed by atoms with Gasteiger partial charge in [-0.15, -0.1) is 0 Å². The van der Waals surface area contributed by atoms with E-state index >= 15 is 0 Å². The van der Waals surface area contributed by atoms with E-state index in [1.165, 1.54) is 18.5 Å². The van der Waals surface area contributed by atoms with Crippen molar-refractivity contribution in [3.63, 3.8) is 0 Å². The van der Waals surface area contributed by atoms with Gasteiger partial charge in [0.15, 0.2) is 0 Å². The number of aliphatic hydroxyl groups is 1. The van der Waals surface area contributed by atoms with Gasteiger partial charge in [0.25, 0.3) is 0 Å². The van der Waals surface area contributed by atoms with Crippen LogP contribution in [0, 0.1) is 5.82 Å². The Kier molecular flexibility index (Phi) is 6.57. The average molecular weight is 461 g/mol. The first-order chi connectivity index (χ1) is 15.5. The molecule has 1 aliphatic rings. The molecule has 1 unspecified atom stereocenters. The summed E-state index contributed by atoms with van der Waals surface area (Å²) in [7, 11) is 1.55. The van der Waals surface area contributed by atoms with E-state index in [0.29, 0.717) is 40.5 Å². The quantitative estimate of drug-likeness (QED) is 0.556. The van der Waals surface area contributed by atoms with E-state index in [2.05, 4.69) is 15.3 Å². The third-order valence-corrected chi connectivity index (χ3v) is 5.65. The highest BCUT2D eigenvalue weighted by Crippen LogP contribution is 2.36. The monoisotopic (exact) mass is 460 g/mol. The van der Waals surface area contributed by atoms with Gasteiger partial charge in [-0.1, -0.05) is 11.6 Å². The molecule has 8 nitrogen and oxygen atoms in total. The summed E-state index contributed by atoms with van der Waals surface area (Å²) < 4.78 is 25.0. The minimum absolute atomic E-state index is 0.0126. The lowest BCUT2D eigenvalue weighted by atomic mass is 10.2. The maximum atomic E-state index is 13.5. The maximum Gasteiger partial charge on any atom is 0.248 e. The van der Waals surface area contributed by atoms with Crippen LogP contribution in [0.3, 0.4) is 0 Å². The highest BCUT2D eigenvalue weighted by atomic mass is 35.5. The van der Waals surface area contributed by atoms with Gasteiger partial charge in [0.05, 0.1) is 29.1 Å². The van der Waals surface area contributed by atoms with Gasteiger partial charge in [-0.3, -0.25) is 4.79 Å². The van der Waals surface area contributed by atoms with Crippen LogP contribution >= 0.6 is 11.6 Å². The van der Waals surface area contributed by atoms with Crippen molar-refractivity contribution in [1.29, 1.82) is 0 Å². The number of halogens is 2. The van der Waals surface area contributed by atoms with Crippen LogP contribution in [0.4, 0.5) is 15.9 Å². The number of hydrogen-bond donors (Lipinski definition) is 2. The molecule has 0 radical (unpaired) electrons. The normalized spacial score (nSPS) is 15.8. The summed E-state index contributed by atoms with van der Waals surface area (Å²) in [5.74, 6) is 0.642. The molecule has 2 aromatic carbocycles. The lowest BCUT2D eigenvalue weighted by Gasteiger charge is -2.24. The Bertz CT molecular complexity index is 1150. The van der Waals surface area contributed by atoms with Crippen LogP contribution in [0.5, 0.6) is 11.5 Å².